The van der Waals surface area contributed by atoms with Crippen molar-refractivity contribution in [3.8, 4) is 0 Å². The number of ether oxygens (including phenoxy) is 1. The van der Waals surface area contributed by atoms with Gasteiger partial charge in [-0.05, 0) is 36.1 Å². The maximum absolute atomic E-state index is 13.0. The van der Waals surface area contributed by atoms with E-state index in [0.29, 0.717) is 29.6 Å². The van der Waals surface area contributed by atoms with E-state index in [1.54, 1.807) is 54.4 Å². The van der Waals surface area contributed by atoms with Crippen LogP contribution in [0.1, 0.15) is 17.3 Å². The van der Waals surface area contributed by atoms with Crippen LogP contribution in [0.3, 0.4) is 0 Å². The first-order valence-electron chi connectivity index (χ1n) is 9.67. The number of nitrogens with one attached hydrogen (secondary N) is 1. The Balaban J connectivity index is 2.10. The number of benzene rings is 1. The maximum Gasteiger partial charge on any atom is 0.260 e. The van der Waals surface area contributed by atoms with Gasteiger partial charge in [-0.1, -0.05) is 37.5 Å². The van der Waals surface area contributed by atoms with Gasteiger partial charge in [-0.2, -0.15) is 0 Å². The second-order valence-corrected chi connectivity index (χ2v) is 6.90. The summed E-state index contributed by atoms with van der Waals surface area (Å²) in [7, 11) is 1.59. The predicted octanol–water partition coefficient (Wildman–Crippen LogP) is 3.61. The molecule has 0 radical (unpaired) electrons. The van der Waals surface area contributed by atoms with Crippen molar-refractivity contribution < 1.29 is 9.53 Å². The Labute approximate surface area is 175 Å². The predicted molar refractivity (Wildman–Crippen MR) is 121 cm³/mol. The van der Waals surface area contributed by atoms with Crippen LogP contribution < -0.4 is 10.9 Å². The van der Waals surface area contributed by atoms with Gasteiger partial charge in [0, 0.05) is 37.0 Å². The Hall–Kier alpha value is -3.51. The van der Waals surface area contributed by atoms with Crippen LogP contribution in [0.25, 0.3) is 21.7 Å². The molecule has 6 nitrogen and oxygen atoms in total. The topological polar surface area (TPSA) is 73.2 Å². The van der Waals surface area contributed by atoms with Crippen molar-refractivity contribution in [3.05, 3.63) is 89.5 Å². The minimum atomic E-state index is -0.234. The molecule has 0 spiro atoms. The first-order valence-corrected chi connectivity index (χ1v) is 9.67. The molecule has 0 aliphatic rings. The average molecular weight is 403 g/mol. The highest BCUT2D eigenvalue weighted by atomic mass is 16.5. The summed E-state index contributed by atoms with van der Waals surface area (Å²) >= 11 is 0. The Kier molecular flexibility index (Phi) is 6.59. The lowest BCUT2D eigenvalue weighted by Gasteiger charge is -2.17. The number of carbonyl (C=O) groups excluding carboxylic acids is 1. The molecule has 0 fully saturated rings. The van der Waals surface area contributed by atoms with Gasteiger partial charge < -0.3 is 14.6 Å². The van der Waals surface area contributed by atoms with Crippen molar-refractivity contribution >= 4 is 27.6 Å². The number of allylic oxidation sites excluding steroid dienone is 2. The van der Waals surface area contributed by atoms with E-state index in [0.717, 1.165) is 16.3 Å². The highest BCUT2D eigenvalue weighted by molar-refractivity contribution is 6.07. The van der Waals surface area contributed by atoms with Gasteiger partial charge in [0.25, 0.3) is 11.5 Å². The van der Waals surface area contributed by atoms with Crippen molar-refractivity contribution in [1.29, 1.82) is 0 Å². The molecule has 1 amide bonds. The van der Waals surface area contributed by atoms with Gasteiger partial charge >= 0.3 is 0 Å². The number of aromatic nitrogens is 2. The molecule has 6 heteroatoms. The second-order valence-electron chi connectivity index (χ2n) is 6.90. The number of methoxy groups -OCH3 is 1. The SMILES string of the molecule is C=C/C=C(\C=C)[C@@H](C)NC(=O)c1ccc2c3ccncc3c(=O)n(CCOC)c2c1. The number of hydrogen-bond acceptors (Lipinski definition) is 4. The van der Waals surface area contributed by atoms with Crippen LogP contribution >= 0.6 is 0 Å². The van der Waals surface area contributed by atoms with Crippen LogP contribution in [-0.2, 0) is 11.3 Å². The molecule has 3 rings (SSSR count). The third-order valence-electron chi connectivity index (χ3n) is 5.05. The molecule has 2 aromatic heterocycles. The summed E-state index contributed by atoms with van der Waals surface area (Å²) in [6, 6.07) is 6.97. The standard InChI is InChI=1S/C24H25N3O3/c1-5-7-17(6-2)16(3)26-23(28)18-8-9-20-19-10-11-25-15-21(19)24(29)27(12-13-30-4)22(20)14-18/h5-11,14-16H,1-2,12-13H2,3-4H3,(H,26,28)/b17-7+/t16-/m1/s1. The number of rotatable bonds is 8. The largest absolute Gasteiger partial charge is 0.383 e. The zero-order valence-electron chi connectivity index (χ0n) is 17.2. The highest BCUT2D eigenvalue weighted by Crippen LogP contribution is 2.23. The zero-order chi connectivity index (χ0) is 21.7. The monoisotopic (exact) mass is 403 g/mol. The van der Waals surface area contributed by atoms with Gasteiger partial charge in [0.05, 0.1) is 23.6 Å². The zero-order valence-corrected chi connectivity index (χ0v) is 17.2. The van der Waals surface area contributed by atoms with Crippen LogP contribution in [-0.4, -0.2) is 35.2 Å². The van der Waals surface area contributed by atoms with Crippen molar-refractivity contribution in [2.75, 3.05) is 13.7 Å². The number of pyridine rings is 2. The van der Waals surface area contributed by atoms with Crippen LogP contribution in [0.2, 0.25) is 0 Å². The molecule has 0 bridgehead atoms. The molecule has 0 aliphatic carbocycles. The number of fused-ring (bicyclic) bond motifs is 3. The smallest absolute Gasteiger partial charge is 0.260 e. The fourth-order valence-corrected chi connectivity index (χ4v) is 3.47. The molecule has 0 aliphatic heterocycles. The Bertz CT molecular complexity index is 1210. The van der Waals surface area contributed by atoms with E-state index in [9.17, 15) is 9.59 Å². The quantitative estimate of drug-likeness (QED) is 0.461. The van der Waals surface area contributed by atoms with Gasteiger partial charge in [-0.25, -0.2) is 0 Å². The molecule has 1 atom stereocenters. The summed E-state index contributed by atoms with van der Waals surface area (Å²) in [4.78, 5) is 30.0. The summed E-state index contributed by atoms with van der Waals surface area (Å²) < 4.78 is 6.81. The highest BCUT2D eigenvalue weighted by Gasteiger charge is 2.16. The van der Waals surface area contributed by atoms with Gasteiger partial charge in [0.1, 0.15) is 0 Å². The molecular weight excluding hydrogens is 378 g/mol. The number of hydrogen-bond donors (Lipinski definition) is 1. The summed E-state index contributed by atoms with van der Waals surface area (Å²) in [5.74, 6) is -0.234. The number of amides is 1. The van der Waals surface area contributed by atoms with Crippen LogP contribution in [0.5, 0.6) is 0 Å². The fourth-order valence-electron chi connectivity index (χ4n) is 3.47. The van der Waals surface area contributed by atoms with E-state index in [1.165, 1.54) is 0 Å². The second kappa shape index (κ2) is 9.33. The molecule has 154 valence electrons. The molecule has 0 unspecified atom stereocenters. The van der Waals surface area contributed by atoms with E-state index in [1.807, 2.05) is 19.1 Å². The molecule has 0 saturated heterocycles. The molecule has 2 heterocycles. The Morgan fingerprint density at radius 1 is 1.27 bits per heavy atom. The molecule has 1 N–H and O–H groups in total. The van der Waals surface area contributed by atoms with Gasteiger partial charge in [0.15, 0.2) is 0 Å². The summed E-state index contributed by atoms with van der Waals surface area (Å²) in [5, 5.41) is 5.19. The number of nitrogens with zero attached hydrogens (tertiary/aromatic N) is 2. The van der Waals surface area contributed by atoms with Crippen molar-refractivity contribution in [2.24, 2.45) is 0 Å². The first-order chi connectivity index (χ1) is 14.5. The van der Waals surface area contributed by atoms with E-state index in [4.69, 9.17) is 4.74 Å². The van der Waals surface area contributed by atoms with Crippen LogP contribution in [0, 0.1) is 0 Å². The summed E-state index contributed by atoms with van der Waals surface area (Å²) in [5.41, 5.74) is 1.85. The normalized spacial score (nSPS) is 12.7. The van der Waals surface area contributed by atoms with Crippen LogP contribution in [0.15, 0.2) is 78.4 Å². The molecule has 1 aromatic carbocycles. The van der Waals surface area contributed by atoms with E-state index >= 15 is 0 Å². The fraction of sp³-hybridized carbons (Fsp3) is 0.208. The minimum absolute atomic E-state index is 0.156. The summed E-state index contributed by atoms with van der Waals surface area (Å²) in [6.45, 7) is 10.1. The molecule has 3 aromatic rings. The van der Waals surface area contributed by atoms with E-state index in [2.05, 4.69) is 23.5 Å². The van der Waals surface area contributed by atoms with Crippen molar-refractivity contribution in [3.63, 3.8) is 0 Å². The maximum atomic E-state index is 13.0. The minimum Gasteiger partial charge on any atom is -0.383 e. The molecule has 0 saturated carbocycles. The molecule has 30 heavy (non-hydrogen) atoms. The lowest BCUT2D eigenvalue weighted by molar-refractivity contribution is 0.0946. The summed E-state index contributed by atoms with van der Waals surface area (Å²) in [6.07, 6.45) is 8.39. The van der Waals surface area contributed by atoms with Gasteiger partial charge in [-0.15, -0.1) is 0 Å². The third kappa shape index (κ3) is 4.09. The Morgan fingerprint density at radius 3 is 2.77 bits per heavy atom. The van der Waals surface area contributed by atoms with Crippen LogP contribution in [0.4, 0.5) is 0 Å². The van der Waals surface area contributed by atoms with Crippen molar-refractivity contribution in [1.82, 2.24) is 14.9 Å². The third-order valence-corrected chi connectivity index (χ3v) is 5.05. The van der Waals surface area contributed by atoms with Crippen molar-refractivity contribution in [2.45, 2.75) is 19.5 Å². The first kappa shape index (κ1) is 21.2. The lowest BCUT2D eigenvalue weighted by atomic mass is 10.0. The lowest BCUT2D eigenvalue weighted by Crippen LogP contribution is -2.33. The average Bonchev–Trinajstić information content (AvgIpc) is 2.77. The molecular formula is C24H25N3O3. The van der Waals surface area contributed by atoms with E-state index < -0.39 is 0 Å². The van der Waals surface area contributed by atoms with E-state index in [-0.39, 0.29) is 17.5 Å². The van der Waals surface area contributed by atoms with Gasteiger partial charge in [0.2, 0.25) is 0 Å². The number of carbonyl (C=O) groups is 1. The van der Waals surface area contributed by atoms with Gasteiger partial charge in [-0.3, -0.25) is 14.6 Å². The Morgan fingerprint density at radius 2 is 2.07 bits per heavy atom.